The Morgan fingerprint density at radius 2 is 1.90 bits per heavy atom. The number of nitrogens with two attached hydrogens (primary N) is 1. The van der Waals surface area contributed by atoms with Crippen LogP contribution in [0.3, 0.4) is 0 Å². The minimum atomic E-state index is -3.75. The highest BCUT2D eigenvalue weighted by Crippen LogP contribution is 2.29. The van der Waals surface area contributed by atoms with Crippen molar-refractivity contribution in [3.63, 3.8) is 0 Å². The van der Waals surface area contributed by atoms with E-state index in [1.54, 1.807) is 31.3 Å². The molecule has 0 bridgehead atoms. The predicted molar refractivity (Wildman–Crippen MR) is 108 cm³/mol. The Morgan fingerprint density at radius 1 is 1.21 bits per heavy atom. The van der Waals surface area contributed by atoms with Crippen molar-refractivity contribution in [2.24, 2.45) is 5.14 Å². The van der Waals surface area contributed by atoms with E-state index in [-0.39, 0.29) is 11.5 Å². The van der Waals surface area contributed by atoms with Crippen LogP contribution >= 0.6 is 0 Å². The normalized spacial score (nSPS) is 11.3. The van der Waals surface area contributed by atoms with E-state index in [1.165, 1.54) is 12.1 Å². The van der Waals surface area contributed by atoms with Crippen molar-refractivity contribution in [1.29, 1.82) is 0 Å². The number of nitrogens with zero attached hydrogens (tertiary/aromatic N) is 2. The summed E-state index contributed by atoms with van der Waals surface area (Å²) < 4.78 is 27.8. The molecule has 3 aromatic rings. The van der Waals surface area contributed by atoms with Crippen LogP contribution in [0.15, 0.2) is 41.4 Å². The van der Waals surface area contributed by atoms with Crippen molar-refractivity contribution in [3.05, 3.63) is 53.5 Å². The van der Waals surface area contributed by atoms with Crippen molar-refractivity contribution in [2.45, 2.75) is 25.7 Å². The number of primary sulfonamides is 1. The number of benzene rings is 1. The number of sulfonamides is 1. The summed E-state index contributed by atoms with van der Waals surface area (Å²) in [6, 6.07) is 7.68. The highest BCUT2D eigenvalue weighted by atomic mass is 32.2. The third-order valence-electron chi connectivity index (χ3n) is 4.27. The minimum Gasteiger partial charge on any atom is -0.461 e. The maximum Gasteiger partial charge on any atom is 0.355 e. The number of ether oxygens (including phenoxy) is 1. The Kier molecular flexibility index (Phi) is 5.66. The molecule has 0 aliphatic rings. The van der Waals surface area contributed by atoms with E-state index >= 15 is 0 Å². The van der Waals surface area contributed by atoms with Gasteiger partial charge in [0.05, 0.1) is 17.2 Å². The molecule has 9 nitrogen and oxygen atoms in total. The van der Waals surface area contributed by atoms with Crippen molar-refractivity contribution >= 4 is 27.6 Å². The van der Waals surface area contributed by atoms with Gasteiger partial charge in [-0.2, -0.15) is 0 Å². The average molecular weight is 415 g/mol. The topological polar surface area (TPSA) is 140 Å². The summed E-state index contributed by atoms with van der Waals surface area (Å²) >= 11 is 0. The second kappa shape index (κ2) is 8.02. The summed E-state index contributed by atoms with van der Waals surface area (Å²) in [6.07, 6.45) is 1.60. The number of rotatable bonds is 6. The molecular formula is C19H21N5O4S. The largest absolute Gasteiger partial charge is 0.461 e. The number of esters is 1. The van der Waals surface area contributed by atoms with E-state index in [2.05, 4.69) is 20.3 Å². The molecular weight excluding hydrogens is 394 g/mol. The Hall–Kier alpha value is -3.24. The summed E-state index contributed by atoms with van der Waals surface area (Å²) in [4.78, 5) is 23.9. The molecule has 2 heterocycles. The van der Waals surface area contributed by atoms with E-state index in [0.717, 1.165) is 16.8 Å². The fourth-order valence-electron chi connectivity index (χ4n) is 2.96. The number of aromatic nitrogens is 3. The van der Waals surface area contributed by atoms with Gasteiger partial charge in [0.1, 0.15) is 5.69 Å². The molecule has 152 valence electrons. The van der Waals surface area contributed by atoms with Gasteiger partial charge in [0.15, 0.2) is 0 Å². The number of hydrogen-bond donors (Lipinski definition) is 3. The Balaban J connectivity index is 1.90. The van der Waals surface area contributed by atoms with Crippen molar-refractivity contribution in [2.75, 3.05) is 11.9 Å². The molecule has 0 aliphatic carbocycles. The molecule has 0 saturated heterocycles. The van der Waals surface area contributed by atoms with Crippen LogP contribution in [0.25, 0.3) is 11.3 Å². The van der Waals surface area contributed by atoms with Gasteiger partial charge in [0.2, 0.25) is 16.0 Å². The van der Waals surface area contributed by atoms with E-state index in [4.69, 9.17) is 9.88 Å². The summed E-state index contributed by atoms with van der Waals surface area (Å²) in [5.74, 6) is -0.0924. The first-order valence-corrected chi connectivity index (χ1v) is 10.3. The zero-order chi connectivity index (χ0) is 21.2. The fraction of sp³-hybridized carbons (Fsp3) is 0.211. The molecule has 29 heavy (non-hydrogen) atoms. The number of nitrogens with one attached hydrogen (secondary N) is 2. The van der Waals surface area contributed by atoms with Crippen molar-refractivity contribution in [3.8, 4) is 11.3 Å². The highest BCUT2D eigenvalue weighted by molar-refractivity contribution is 7.89. The first kappa shape index (κ1) is 20.5. The summed E-state index contributed by atoms with van der Waals surface area (Å²) in [5, 5.41) is 8.13. The number of carbonyl (C=O) groups excluding carboxylic acids is 1. The summed E-state index contributed by atoms with van der Waals surface area (Å²) in [6.45, 7) is 5.72. The quantitative estimate of drug-likeness (QED) is 0.526. The molecule has 10 heteroatoms. The SMILES string of the molecule is CCOC(=O)c1[nH]c(C)c(-c2ccnc(Nc3ccc(S(N)(=O)=O)cc3)n2)c1C. The van der Waals surface area contributed by atoms with E-state index < -0.39 is 16.0 Å². The predicted octanol–water partition coefficient (Wildman–Crippen LogP) is 2.66. The van der Waals surface area contributed by atoms with Gasteiger partial charge < -0.3 is 15.0 Å². The third kappa shape index (κ3) is 4.44. The van der Waals surface area contributed by atoms with Crippen LogP contribution in [0.5, 0.6) is 0 Å². The number of anilines is 2. The molecule has 4 N–H and O–H groups in total. The zero-order valence-electron chi connectivity index (χ0n) is 16.2. The maximum atomic E-state index is 12.1. The van der Waals surface area contributed by atoms with Gasteiger partial charge in [-0.25, -0.2) is 28.3 Å². The van der Waals surface area contributed by atoms with Crippen molar-refractivity contribution in [1.82, 2.24) is 15.0 Å². The molecule has 0 spiro atoms. The van der Waals surface area contributed by atoms with Crippen LogP contribution < -0.4 is 10.5 Å². The van der Waals surface area contributed by atoms with Gasteiger partial charge in [-0.3, -0.25) is 0 Å². The number of hydrogen-bond acceptors (Lipinski definition) is 7. The molecule has 0 aliphatic heterocycles. The maximum absolute atomic E-state index is 12.1. The Morgan fingerprint density at radius 3 is 2.52 bits per heavy atom. The lowest BCUT2D eigenvalue weighted by atomic mass is 10.1. The molecule has 3 rings (SSSR count). The van der Waals surface area contributed by atoms with Gasteiger partial charge in [-0.15, -0.1) is 0 Å². The Labute approximate surface area is 168 Å². The summed E-state index contributed by atoms with van der Waals surface area (Å²) in [7, 11) is -3.75. The van der Waals surface area contributed by atoms with Crippen LogP contribution in [0.1, 0.15) is 28.7 Å². The number of carbonyl (C=O) groups is 1. The molecule has 0 unspecified atom stereocenters. The standard InChI is InChI=1S/C19H21N5O4S/c1-4-28-18(25)17-11(2)16(12(3)22-17)15-9-10-21-19(24-15)23-13-5-7-14(8-6-13)29(20,26)27/h5-10,22H,4H2,1-3H3,(H2,20,26,27)(H,21,23,24). The first-order valence-electron chi connectivity index (χ1n) is 8.80. The molecule has 0 fully saturated rings. The lowest BCUT2D eigenvalue weighted by molar-refractivity contribution is 0.0519. The smallest absolute Gasteiger partial charge is 0.355 e. The van der Waals surface area contributed by atoms with Gasteiger partial charge in [0.25, 0.3) is 0 Å². The van der Waals surface area contributed by atoms with Gasteiger partial charge in [-0.1, -0.05) is 0 Å². The van der Waals surface area contributed by atoms with E-state index in [0.29, 0.717) is 23.0 Å². The molecule has 2 aromatic heterocycles. The van der Waals surface area contributed by atoms with Crippen LogP contribution in [-0.4, -0.2) is 35.9 Å². The van der Waals surface area contributed by atoms with Crippen LogP contribution in [-0.2, 0) is 14.8 Å². The molecule has 0 saturated carbocycles. The molecule has 1 aromatic carbocycles. The molecule has 0 amide bonds. The second-order valence-corrected chi connectivity index (χ2v) is 7.87. The van der Waals surface area contributed by atoms with Crippen molar-refractivity contribution < 1.29 is 17.9 Å². The van der Waals surface area contributed by atoms with Crippen LogP contribution in [0.2, 0.25) is 0 Å². The third-order valence-corrected chi connectivity index (χ3v) is 5.20. The average Bonchev–Trinajstić information content (AvgIpc) is 2.96. The van der Waals surface area contributed by atoms with Crippen LogP contribution in [0, 0.1) is 13.8 Å². The number of aromatic amines is 1. The second-order valence-electron chi connectivity index (χ2n) is 6.31. The van der Waals surface area contributed by atoms with Gasteiger partial charge in [-0.05, 0) is 56.7 Å². The summed E-state index contributed by atoms with van der Waals surface area (Å²) in [5.41, 5.74) is 3.94. The van der Waals surface area contributed by atoms with Gasteiger partial charge >= 0.3 is 5.97 Å². The zero-order valence-corrected chi connectivity index (χ0v) is 17.0. The first-order chi connectivity index (χ1) is 13.7. The van der Waals surface area contributed by atoms with E-state index in [9.17, 15) is 13.2 Å². The molecule has 0 atom stereocenters. The van der Waals surface area contributed by atoms with E-state index in [1.807, 2.05) is 13.8 Å². The fourth-order valence-corrected chi connectivity index (χ4v) is 3.47. The lowest BCUT2D eigenvalue weighted by Crippen LogP contribution is -2.11. The lowest BCUT2D eigenvalue weighted by Gasteiger charge is -2.08. The number of H-pyrrole nitrogens is 1. The van der Waals surface area contributed by atoms with Crippen LogP contribution in [0.4, 0.5) is 11.6 Å². The van der Waals surface area contributed by atoms with Gasteiger partial charge in [0, 0.05) is 23.1 Å². The monoisotopic (exact) mass is 415 g/mol. The molecule has 0 radical (unpaired) electrons. The Bertz CT molecular complexity index is 1150. The minimum absolute atomic E-state index is 0.0165. The number of aryl methyl sites for hydroxylation is 1. The highest BCUT2D eigenvalue weighted by Gasteiger charge is 2.20.